The number of rotatable bonds is 4. The van der Waals surface area contributed by atoms with E-state index in [0.717, 1.165) is 0 Å². The molecule has 0 amide bonds. The van der Waals surface area contributed by atoms with Crippen LogP contribution in [-0.2, 0) is 14.0 Å². The van der Waals surface area contributed by atoms with E-state index < -0.39 is 24.3 Å². The van der Waals surface area contributed by atoms with Gasteiger partial charge in [0.05, 0.1) is 24.9 Å². The molecule has 1 saturated heterocycles. The van der Waals surface area contributed by atoms with Gasteiger partial charge < -0.3 is 19.2 Å². The van der Waals surface area contributed by atoms with Gasteiger partial charge >= 0.3 is 13.1 Å². The lowest BCUT2D eigenvalue weighted by atomic mass is 9.77. The van der Waals surface area contributed by atoms with Crippen LogP contribution in [0.2, 0.25) is 0 Å². The van der Waals surface area contributed by atoms with E-state index in [4.69, 9.17) is 14.0 Å². The second-order valence-corrected chi connectivity index (χ2v) is 7.08. The Labute approximate surface area is 135 Å². The van der Waals surface area contributed by atoms with Gasteiger partial charge in [0.25, 0.3) is 0 Å². The van der Waals surface area contributed by atoms with Crippen molar-refractivity contribution in [2.24, 2.45) is 0 Å². The number of thiophene rings is 1. The Morgan fingerprint density at radius 2 is 1.95 bits per heavy atom. The second kappa shape index (κ2) is 6.16. The Morgan fingerprint density at radius 3 is 2.45 bits per heavy atom. The number of aliphatic hydroxyl groups is 1. The summed E-state index contributed by atoms with van der Waals surface area (Å²) < 4.78 is 16.6. The molecule has 0 saturated carbocycles. The van der Waals surface area contributed by atoms with Crippen LogP contribution in [0.3, 0.4) is 0 Å². The normalized spacial score (nSPS) is 20.3. The van der Waals surface area contributed by atoms with E-state index >= 15 is 0 Å². The van der Waals surface area contributed by atoms with Crippen LogP contribution in [0.25, 0.3) is 6.08 Å². The van der Waals surface area contributed by atoms with E-state index in [9.17, 15) is 9.90 Å². The number of ether oxygens (including phenoxy) is 1. The number of hydrogen-bond acceptors (Lipinski definition) is 6. The molecule has 120 valence electrons. The fraction of sp³-hybridized carbons (Fsp3) is 0.533. The molecular weight excluding hydrogens is 303 g/mol. The van der Waals surface area contributed by atoms with Gasteiger partial charge in [0.2, 0.25) is 0 Å². The Hall–Kier alpha value is -1.15. The van der Waals surface area contributed by atoms with Crippen molar-refractivity contribution in [1.82, 2.24) is 0 Å². The zero-order valence-electron chi connectivity index (χ0n) is 13.5. The summed E-state index contributed by atoms with van der Waals surface area (Å²) in [5, 5.41) is 11.5. The van der Waals surface area contributed by atoms with Gasteiger partial charge in [-0.2, -0.15) is 0 Å². The first-order valence-electron chi connectivity index (χ1n) is 7.04. The molecule has 0 radical (unpaired) electrons. The van der Waals surface area contributed by atoms with Crippen LogP contribution >= 0.6 is 11.3 Å². The number of aliphatic hydroxyl groups excluding tert-OH is 1. The van der Waals surface area contributed by atoms with Crippen molar-refractivity contribution in [3.05, 3.63) is 27.4 Å². The third kappa shape index (κ3) is 3.13. The van der Waals surface area contributed by atoms with Crippen molar-refractivity contribution in [3.63, 3.8) is 0 Å². The minimum atomic E-state index is -0.639. The van der Waals surface area contributed by atoms with Crippen molar-refractivity contribution in [1.29, 1.82) is 0 Å². The van der Waals surface area contributed by atoms with Crippen LogP contribution < -0.4 is 0 Å². The summed E-state index contributed by atoms with van der Waals surface area (Å²) in [5.74, 6) is -0.396. The predicted molar refractivity (Wildman–Crippen MR) is 86.8 cm³/mol. The average molecular weight is 324 g/mol. The molecule has 1 aliphatic rings. The molecule has 22 heavy (non-hydrogen) atoms. The molecule has 7 heteroatoms. The van der Waals surface area contributed by atoms with Gasteiger partial charge in [-0.3, -0.25) is 0 Å². The van der Waals surface area contributed by atoms with E-state index in [1.54, 1.807) is 17.5 Å². The number of carbonyl (C=O) groups is 1. The lowest BCUT2D eigenvalue weighted by Crippen LogP contribution is -2.41. The highest BCUT2D eigenvalue weighted by Crippen LogP contribution is 2.39. The lowest BCUT2D eigenvalue weighted by molar-refractivity contribution is 0.00578. The Kier molecular flexibility index (Phi) is 4.82. The number of hydrogen-bond donors (Lipinski definition) is 1. The molecule has 1 N–H and O–H groups in total. The van der Waals surface area contributed by atoms with Crippen molar-refractivity contribution in [2.45, 2.75) is 38.9 Å². The van der Waals surface area contributed by atoms with Crippen LogP contribution in [0, 0.1) is 0 Å². The summed E-state index contributed by atoms with van der Waals surface area (Å²) in [4.78, 5) is 12.2. The molecule has 1 aromatic rings. The van der Waals surface area contributed by atoms with Gasteiger partial charge in [0.15, 0.2) is 0 Å². The number of methoxy groups -OCH3 is 1. The van der Waals surface area contributed by atoms with E-state index in [1.807, 2.05) is 27.7 Å². The van der Waals surface area contributed by atoms with Crippen molar-refractivity contribution in [2.75, 3.05) is 13.7 Å². The summed E-state index contributed by atoms with van der Waals surface area (Å²) >= 11 is 1.29. The van der Waals surface area contributed by atoms with E-state index in [0.29, 0.717) is 15.9 Å². The molecule has 0 aromatic carbocycles. The maximum Gasteiger partial charge on any atom is 0.492 e. The Balaban J connectivity index is 2.30. The van der Waals surface area contributed by atoms with Gasteiger partial charge in [-0.15, -0.1) is 11.3 Å². The third-order valence-corrected chi connectivity index (χ3v) is 5.06. The fourth-order valence-electron chi connectivity index (χ4n) is 2.07. The molecule has 2 rings (SSSR count). The Bertz CT molecular complexity index is 575. The topological polar surface area (TPSA) is 65.0 Å². The van der Waals surface area contributed by atoms with E-state index in [1.165, 1.54) is 18.4 Å². The van der Waals surface area contributed by atoms with Gasteiger partial charge in [-0.05, 0) is 50.2 Å². The van der Waals surface area contributed by atoms with Gasteiger partial charge in [-0.25, -0.2) is 4.79 Å². The first kappa shape index (κ1) is 17.2. The second-order valence-electron chi connectivity index (χ2n) is 6.16. The quantitative estimate of drug-likeness (QED) is 0.681. The van der Waals surface area contributed by atoms with Gasteiger partial charge in [0, 0.05) is 0 Å². The fourth-order valence-corrected chi connectivity index (χ4v) is 2.87. The first-order chi connectivity index (χ1) is 10.2. The molecule has 0 unspecified atom stereocenters. The highest BCUT2D eigenvalue weighted by atomic mass is 32.1. The average Bonchev–Trinajstić information content (AvgIpc) is 2.97. The predicted octanol–water partition coefficient (Wildman–Crippen LogP) is 2.54. The van der Waals surface area contributed by atoms with Crippen LogP contribution in [0.15, 0.2) is 16.9 Å². The molecule has 1 aliphatic heterocycles. The van der Waals surface area contributed by atoms with Crippen molar-refractivity contribution < 1.29 is 23.9 Å². The van der Waals surface area contributed by atoms with Crippen molar-refractivity contribution in [3.8, 4) is 0 Å². The maximum absolute atomic E-state index is 11.7. The summed E-state index contributed by atoms with van der Waals surface area (Å²) in [6.07, 6.45) is 1.73. The van der Waals surface area contributed by atoms with Crippen LogP contribution in [0.1, 0.15) is 42.9 Å². The highest BCUT2D eigenvalue weighted by Gasteiger charge is 2.52. The van der Waals surface area contributed by atoms with Crippen LogP contribution in [0.5, 0.6) is 0 Å². The number of esters is 1. The monoisotopic (exact) mass is 324 g/mol. The summed E-state index contributed by atoms with van der Waals surface area (Å²) in [6.45, 7) is 7.59. The standard InChI is InChI=1S/C15H21BO5S/c1-14(2)15(3,4)21-16(20-14)11(9-17)8-10-6-7-22-12(10)13(18)19-5/h6-8,17H,9H2,1-5H3. The molecule has 5 nitrogen and oxygen atoms in total. The SMILES string of the molecule is COC(=O)c1sccc1C=C(CO)B1OC(C)(C)C(C)(C)O1. The summed E-state index contributed by atoms with van der Waals surface area (Å²) in [5.41, 5.74) is 0.301. The summed E-state index contributed by atoms with van der Waals surface area (Å²) in [6, 6.07) is 1.80. The first-order valence-corrected chi connectivity index (χ1v) is 7.92. The molecule has 1 aromatic heterocycles. The van der Waals surface area contributed by atoms with Gasteiger partial charge in [0.1, 0.15) is 4.88 Å². The molecule has 0 aliphatic carbocycles. The van der Waals surface area contributed by atoms with Crippen LogP contribution in [-0.4, -0.2) is 43.1 Å². The highest BCUT2D eigenvalue weighted by molar-refractivity contribution is 7.12. The minimum Gasteiger partial charge on any atom is -0.465 e. The smallest absolute Gasteiger partial charge is 0.465 e. The lowest BCUT2D eigenvalue weighted by Gasteiger charge is -2.32. The molecule has 2 heterocycles. The van der Waals surface area contributed by atoms with Crippen molar-refractivity contribution >= 4 is 30.5 Å². The molecule has 1 fully saturated rings. The maximum atomic E-state index is 11.7. The molecule has 0 bridgehead atoms. The number of carbonyl (C=O) groups excluding carboxylic acids is 1. The molecule has 0 atom stereocenters. The van der Waals surface area contributed by atoms with E-state index in [2.05, 4.69) is 0 Å². The van der Waals surface area contributed by atoms with Crippen LogP contribution in [0.4, 0.5) is 0 Å². The zero-order valence-corrected chi connectivity index (χ0v) is 14.3. The summed E-state index contributed by atoms with van der Waals surface area (Å²) in [7, 11) is 0.705. The molecular formula is C15H21BO5S. The largest absolute Gasteiger partial charge is 0.492 e. The third-order valence-electron chi connectivity index (χ3n) is 4.15. The minimum absolute atomic E-state index is 0.215. The van der Waals surface area contributed by atoms with Gasteiger partial charge in [-0.1, -0.05) is 6.08 Å². The molecule has 0 spiro atoms. The van der Waals surface area contributed by atoms with E-state index in [-0.39, 0.29) is 6.61 Å². The Morgan fingerprint density at radius 1 is 1.36 bits per heavy atom. The zero-order chi connectivity index (χ0) is 16.5.